The molecule has 0 radical (unpaired) electrons. The topological polar surface area (TPSA) is 83.0 Å². The minimum Gasteiger partial charge on any atom is -0.504 e. The van der Waals surface area contributed by atoms with Crippen LogP contribution in [0.5, 0.6) is 11.5 Å². The largest absolute Gasteiger partial charge is 0.504 e. The van der Waals surface area contributed by atoms with Crippen LogP contribution in [-0.4, -0.2) is 30.4 Å². The molecule has 6 heteroatoms. The van der Waals surface area contributed by atoms with Crippen molar-refractivity contribution in [3.8, 4) is 11.5 Å². The summed E-state index contributed by atoms with van der Waals surface area (Å²) in [7, 11) is 1.47. The van der Waals surface area contributed by atoms with Gasteiger partial charge in [0.15, 0.2) is 11.5 Å². The second-order valence-corrected chi connectivity index (χ2v) is 6.06. The molecular weight excluding hydrogens is 330 g/mol. The fourth-order valence-electron chi connectivity index (χ4n) is 2.57. The number of aromatic hydroxyl groups is 1. The maximum atomic E-state index is 12.4. The summed E-state index contributed by atoms with van der Waals surface area (Å²) in [6, 6.07) is 10.7. The van der Waals surface area contributed by atoms with Gasteiger partial charge in [0.2, 0.25) is 0 Å². The number of ether oxygens (including phenoxy) is 1. The molecule has 1 atom stereocenters. The molecule has 0 fully saturated rings. The van der Waals surface area contributed by atoms with E-state index in [2.05, 4.69) is 21.9 Å². The van der Waals surface area contributed by atoms with Crippen molar-refractivity contribution in [1.82, 2.24) is 5.43 Å². The number of aryl methyl sites for hydroxylation is 2. The predicted molar refractivity (Wildman–Crippen MR) is 104 cm³/mol. The Balaban J connectivity index is 2.03. The molecule has 0 bridgehead atoms. The van der Waals surface area contributed by atoms with Crippen LogP contribution in [0.3, 0.4) is 0 Å². The third-order valence-electron chi connectivity index (χ3n) is 4.06. The quantitative estimate of drug-likeness (QED) is 0.525. The summed E-state index contributed by atoms with van der Waals surface area (Å²) < 4.78 is 5.05. The number of hydrazone groups is 1. The fourth-order valence-corrected chi connectivity index (χ4v) is 2.57. The van der Waals surface area contributed by atoms with Crippen LogP contribution >= 0.6 is 0 Å². The molecule has 0 saturated carbocycles. The van der Waals surface area contributed by atoms with E-state index in [1.165, 1.54) is 18.9 Å². The predicted octanol–water partition coefficient (Wildman–Crippen LogP) is 3.36. The summed E-state index contributed by atoms with van der Waals surface area (Å²) in [6.07, 6.45) is 2.00. The Morgan fingerprint density at radius 3 is 2.73 bits per heavy atom. The summed E-state index contributed by atoms with van der Waals surface area (Å²) >= 11 is 0. The molecular formula is C20H25N3O3. The fraction of sp³-hybridized carbons (Fsp3) is 0.300. The molecule has 0 spiro atoms. The lowest BCUT2D eigenvalue weighted by molar-refractivity contribution is -0.121. The first kappa shape index (κ1) is 19.3. The average molecular weight is 355 g/mol. The van der Waals surface area contributed by atoms with Crippen LogP contribution in [0.2, 0.25) is 0 Å². The van der Waals surface area contributed by atoms with E-state index >= 15 is 0 Å². The van der Waals surface area contributed by atoms with Crippen molar-refractivity contribution in [2.45, 2.75) is 33.2 Å². The summed E-state index contributed by atoms with van der Waals surface area (Å²) in [4.78, 5) is 12.4. The van der Waals surface area contributed by atoms with Crippen LogP contribution in [0.15, 0.2) is 41.5 Å². The van der Waals surface area contributed by atoms with Crippen LogP contribution in [0.25, 0.3) is 0 Å². The van der Waals surface area contributed by atoms with E-state index in [1.807, 2.05) is 32.9 Å². The van der Waals surface area contributed by atoms with Crippen LogP contribution in [0.4, 0.5) is 5.69 Å². The van der Waals surface area contributed by atoms with Crippen molar-refractivity contribution in [2.24, 2.45) is 5.10 Å². The maximum absolute atomic E-state index is 12.4. The minimum atomic E-state index is -0.410. The number of rotatable bonds is 7. The van der Waals surface area contributed by atoms with E-state index in [0.29, 0.717) is 17.7 Å². The number of anilines is 1. The third-order valence-corrected chi connectivity index (χ3v) is 4.06. The van der Waals surface area contributed by atoms with Gasteiger partial charge in [-0.2, -0.15) is 5.10 Å². The Morgan fingerprint density at radius 2 is 2.08 bits per heavy atom. The van der Waals surface area contributed by atoms with Crippen LogP contribution in [-0.2, 0) is 4.79 Å². The molecule has 2 aromatic rings. The third kappa shape index (κ3) is 4.75. The molecule has 3 N–H and O–H groups in total. The number of nitrogens with one attached hydrogen (secondary N) is 2. The standard InChI is InChI=1S/C20H25N3O3/c1-5-16(22-17-10-9-13(2)11-14(17)3)20(25)23-21-12-15-7-6-8-18(26-4)19(15)24/h6-12,16,22,24H,5H2,1-4H3,(H,23,25)/b21-12-/t16-/m0/s1. The SMILES string of the molecule is CC[C@H](Nc1ccc(C)cc1C)C(=O)N/N=C\c1cccc(OC)c1O. The second kappa shape index (κ2) is 8.89. The van der Waals surface area contributed by atoms with Crippen molar-refractivity contribution in [2.75, 3.05) is 12.4 Å². The normalized spacial score (nSPS) is 12.0. The minimum absolute atomic E-state index is 0.0200. The second-order valence-electron chi connectivity index (χ2n) is 6.06. The molecule has 26 heavy (non-hydrogen) atoms. The average Bonchev–Trinajstić information content (AvgIpc) is 2.62. The highest BCUT2D eigenvalue weighted by Crippen LogP contribution is 2.27. The summed E-state index contributed by atoms with van der Waals surface area (Å²) in [6.45, 7) is 5.96. The van der Waals surface area contributed by atoms with E-state index < -0.39 is 6.04 Å². The Labute approximate surface area is 153 Å². The maximum Gasteiger partial charge on any atom is 0.262 e. The number of amides is 1. The van der Waals surface area contributed by atoms with Crippen LogP contribution < -0.4 is 15.5 Å². The van der Waals surface area contributed by atoms with E-state index in [-0.39, 0.29) is 11.7 Å². The molecule has 0 saturated heterocycles. The number of methoxy groups -OCH3 is 1. The number of phenolic OH excluding ortho intramolecular Hbond substituents is 1. The zero-order chi connectivity index (χ0) is 19.1. The van der Waals surface area contributed by atoms with E-state index in [1.54, 1.807) is 18.2 Å². The first-order valence-corrected chi connectivity index (χ1v) is 8.49. The van der Waals surface area contributed by atoms with Crippen molar-refractivity contribution in [1.29, 1.82) is 0 Å². The highest BCUT2D eigenvalue weighted by molar-refractivity contribution is 5.88. The number of benzene rings is 2. The number of para-hydroxylation sites is 1. The molecule has 0 aromatic heterocycles. The monoisotopic (exact) mass is 355 g/mol. The molecule has 0 aliphatic rings. The molecule has 2 rings (SSSR count). The summed E-state index contributed by atoms with van der Waals surface area (Å²) in [5.74, 6) is 0.0859. The molecule has 2 aromatic carbocycles. The number of hydrogen-bond acceptors (Lipinski definition) is 5. The molecule has 6 nitrogen and oxygen atoms in total. The first-order valence-electron chi connectivity index (χ1n) is 8.49. The van der Waals surface area contributed by atoms with Gasteiger partial charge in [-0.15, -0.1) is 0 Å². The lowest BCUT2D eigenvalue weighted by Gasteiger charge is -2.18. The van der Waals surface area contributed by atoms with E-state index in [4.69, 9.17) is 4.74 Å². The number of nitrogens with zero attached hydrogens (tertiary/aromatic N) is 1. The van der Waals surface area contributed by atoms with Gasteiger partial charge < -0.3 is 15.2 Å². The first-order chi connectivity index (χ1) is 12.5. The number of carbonyl (C=O) groups is 1. The van der Waals surface area contributed by atoms with Gasteiger partial charge in [-0.1, -0.05) is 30.7 Å². The van der Waals surface area contributed by atoms with Crippen LogP contribution in [0, 0.1) is 13.8 Å². The van der Waals surface area contributed by atoms with Gasteiger partial charge in [0.25, 0.3) is 5.91 Å². The molecule has 138 valence electrons. The van der Waals surface area contributed by atoms with Crippen molar-refractivity contribution < 1.29 is 14.6 Å². The highest BCUT2D eigenvalue weighted by atomic mass is 16.5. The van der Waals surface area contributed by atoms with Gasteiger partial charge in [-0.05, 0) is 44.0 Å². The lowest BCUT2D eigenvalue weighted by atomic mass is 10.1. The highest BCUT2D eigenvalue weighted by Gasteiger charge is 2.16. The van der Waals surface area contributed by atoms with Gasteiger partial charge in [-0.25, -0.2) is 5.43 Å². The van der Waals surface area contributed by atoms with Crippen LogP contribution in [0.1, 0.15) is 30.0 Å². The Kier molecular flexibility index (Phi) is 6.60. The lowest BCUT2D eigenvalue weighted by Crippen LogP contribution is -2.37. The van der Waals surface area contributed by atoms with Crippen molar-refractivity contribution in [3.63, 3.8) is 0 Å². The van der Waals surface area contributed by atoms with Gasteiger partial charge in [-0.3, -0.25) is 4.79 Å². The van der Waals surface area contributed by atoms with Gasteiger partial charge in [0.05, 0.1) is 13.3 Å². The molecule has 0 unspecified atom stereocenters. The van der Waals surface area contributed by atoms with Crippen molar-refractivity contribution >= 4 is 17.8 Å². The zero-order valence-corrected chi connectivity index (χ0v) is 15.5. The Morgan fingerprint density at radius 1 is 1.31 bits per heavy atom. The van der Waals surface area contributed by atoms with Gasteiger partial charge >= 0.3 is 0 Å². The van der Waals surface area contributed by atoms with E-state index in [0.717, 1.165) is 11.3 Å². The zero-order valence-electron chi connectivity index (χ0n) is 15.5. The smallest absolute Gasteiger partial charge is 0.262 e. The number of phenols is 1. The van der Waals surface area contributed by atoms with E-state index in [9.17, 15) is 9.90 Å². The Hall–Kier alpha value is -3.02. The molecule has 1 amide bonds. The number of hydrogen-bond donors (Lipinski definition) is 3. The molecule has 0 aliphatic carbocycles. The van der Waals surface area contributed by atoms with Gasteiger partial charge in [0.1, 0.15) is 6.04 Å². The van der Waals surface area contributed by atoms with Gasteiger partial charge in [0, 0.05) is 11.3 Å². The summed E-state index contributed by atoms with van der Waals surface area (Å²) in [5, 5.41) is 17.2. The Bertz CT molecular complexity index is 803. The summed E-state index contributed by atoms with van der Waals surface area (Å²) in [5.41, 5.74) is 6.15. The van der Waals surface area contributed by atoms with Crippen molar-refractivity contribution in [3.05, 3.63) is 53.1 Å². The molecule has 0 aliphatic heterocycles. The molecule has 0 heterocycles. The number of carbonyl (C=O) groups excluding carboxylic acids is 1.